The molecule has 1 aromatic heterocycles. The van der Waals surface area contributed by atoms with Gasteiger partial charge in [0.05, 0.1) is 136 Å². The fourth-order valence-electron chi connectivity index (χ4n) is 15.6. The zero-order valence-corrected chi connectivity index (χ0v) is 84.8. The van der Waals surface area contributed by atoms with Crippen LogP contribution in [-0.2, 0) is 79.7 Å². The summed E-state index contributed by atoms with van der Waals surface area (Å²) in [4.78, 5) is 39.1. The second-order valence-corrected chi connectivity index (χ2v) is 40.1. The van der Waals surface area contributed by atoms with Crippen LogP contribution in [0.4, 0.5) is 17.1 Å². The first-order chi connectivity index (χ1) is 62.4. The van der Waals surface area contributed by atoms with Crippen molar-refractivity contribution in [3.8, 4) is 96.6 Å². The Bertz CT molecular complexity index is 6560. The molecule has 29 nitrogen and oxygen atoms in total. The largest absolute Gasteiger partial charge is 0.496 e. The van der Waals surface area contributed by atoms with E-state index in [2.05, 4.69) is 20.9 Å². The number of ether oxygens (including phenoxy) is 11. The Labute approximate surface area is 800 Å². The van der Waals surface area contributed by atoms with Gasteiger partial charge in [-0.2, -0.15) is 0 Å². The van der Waals surface area contributed by atoms with Gasteiger partial charge in [0.2, 0.25) is 0 Å². The van der Waals surface area contributed by atoms with Gasteiger partial charge in [0.1, 0.15) is 56.6 Å². The second kappa shape index (κ2) is 49.7. The number of aromatic amines is 1. The number of imidazole rings is 1. The number of para-hydroxylation sites is 7. The topological polar surface area (TPSA) is 388 Å². The molecule has 12 aromatic rings. The number of halogens is 1. The van der Waals surface area contributed by atoms with Crippen molar-refractivity contribution in [1.29, 1.82) is 0 Å². The van der Waals surface area contributed by atoms with E-state index in [4.69, 9.17) is 57.8 Å². The first-order valence-electron chi connectivity index (χ1n) is 41.5. The predicted molar refractivity (Wildman–Crippen MR) is 523 cm³/mol. The summed E-state index contributed by atoms with van der Waals surface area (Å²) < 4.78 is 161. The van der Waals surface area contributed by atoms with E-state index in [9.17, 15) is 58.7 Å². The van der Waals surface area contributed by atoms with Crippen LogP contribution < -0.4 is 63.5 Å². The number of nitrogens with zero attached hydrogens (tertiary/aromatic N) is 3. The average molecular weight is 2140 g/mol. The third-order valence-electron chi connectivity index (χ3n) is 21.1. The van der Waals surface area contributed by atoms with E-state index in [1.54, 1.807) is 143 Å². The van der Waals surface area contributed by atoms with Crippen LogP contribution in [0, 0.1) is 27.7 Å². The van der Waals surface area contributed by atoms with Gasteiger partial charge in [-0.15, -0.1) is 0 Å². The maximum Gasteiger partial charge on any atom is 0.327 e. The molecule has 0 amide bonds. The first-order valence-corrected chi connectivity index (χ1v) is 50.5. The Morgan fingerprint density at radius 2 is 0.669 bits per heavy atom. The molecule has 1 heterocycles. The molecule has 3 N–H and O–H groups in total. The number of sulfone groups is 4. The molecule has 12 rings (SSSR count). The van der Waals surface area contributed by atoms with E-state index in [1.807, 2.05) is 125 Å². The van der Waals surface area contributed by atoms with Crippen molar-refractivity contribution in [2.24, 2.45) is 0 Å². The number of H-pyrrole nitrogens is 1. The standard InChI is InChI=1S/C26H28N2O6S.C26H29NO7S.C26H31NO5S.C19H22BrNO6S.CH3.W/c1-5-34-24-15-17(13-14-23(24)33-3)21(16-35(4,30)31)28-20-11-8-10-19(25(20)27-26(28)29)18-9-6-7-12-22(18)32-2;1-5-34-25-16-18(13-14-24(25)33-3)20(17-35(4,30)31)15-19-9-8-11-22(26(19)27(28)29)21-10-6-7-12-23(21)32-2;1-5-32-25-16-18(13-14-24(25)31-3)20(17-33(4,28)29)15-19-9-8-11-22(26(19)27)21-10-6-7-12-23(21)30-2;1-4-27-18-11-13(8-9-17(18)26-2)15(12-28(3,24)25)10-14-6-5-7-16(20)19(14)21(22)23;;/h6-15,21H,5,16H2,1-4H3,(H,27,29);6-14,16,20H,5,15,17H2,1-4H3;6-14,16,20H,5,15,17,27H2,1-4H3;5-9,11,15H,4,10,12H2,1-3H3;1H3;/q;;;;-1;/t21-;2*20-;15-;;/m1111../s1. The third kappa shape index (κ3) is 29.3. The van der Waals surface area contributed by atoms with Crippen molar-refractivity contribution in [3.63, 3.8) is 0 Å². The van der Waals surface area contributed by atoms with E-state index in [-0.39, 0.29) is 81.6 Å². The van der Waals surface area contributed by atoms with E-state index in [0.29, 0.717) is 150 Å². The number of methoxy groups -OCH3 is 7. The number of benzene rings is 11. The maximum atomic E-state index is 13.3. The number of anilines is 1. The Kier molecular flexibility index (Phi) is 40.4. The average Bonchev–Trinajstić information content (AvgIpc) is 1.59. The van der Waals surface area contributed by atoms with Crippen molar-refractivity contribution in [1.82, 2.24) is 9.55 Å². The molecule has 133 heavy (non-hydrogen) atoms. The molecule has 712 valence electrons. The molecule has 0 fully saturated rings. The Balaban J connectivity index is 0.000000242. The molecule has 0 aliphatic carbocycles. The molecule has 0 aliphatic rings. The van der Waals surface area contributed by atoms with E-state index < -0.39 is 72.8 Å². The van der Waals surface area contributed by atoms with Crippen LogP contribution in [0.3, 0.4) is 0 Å². The minimum atomic E-state index is -3.46. The number of nitrogens with two attached hydrogens (primary N) is 1. The monoisotopic (exact) mass is 2130 g/mol. The van der Waals surface area contributed by atoms with Gasteiger partial charge >= 0.3 is 5.69 Å². The fourth-order valence-corrected chi connectivity index (χ4v) is 20.2. The van der Waals surface area contributed by atoms with E-state index >= 15 is 0 Å². The van der Waals surface area contributed by atoms with Crippen molar-refractivity contribution in [3.05, 3.63) is 300 Å². The number of nitro groups is 2. The number of aromatic nitrogens is 2. The van der Waals surface area contributed by atoms with Crippen LogP contribution in [0.5, 0.6) is 63.2 Å². The predicted octanol–water partition coefficient (Wildman–Crippen LogP) is 18.4. The van der Waals surface area contributed by atoms with Crippen LogP contribution in [0.1, 0.15) is 90.4 Å². The van der Waals surface area contributed by atoms with Gasteiger partial charge < -0.3 is 70.2 Å². The summed E-state index contributed by atoms with van der Waals surface area (Å²) in [6, 6.07) is 64.1. The van der Waals surface area contributed by atoms with E-state index in [0.717, 1.165) is 57.9 Å². The summed E-state index contributed by atoms with van der Waals surface area (Å²) in [5.41, 5.74) is 16.8. The van der Waals surface area contributed by atoms with Gasteiger partial charge in [-0.3, -0.25) is 24.8 Å². The van der Waals surface area contributed by atoms with Crippen LogP contribution in [0.15, 0.2) is 228 Å². The van der Waals surface area contributed by atoms with Crippen molar-refractivity contribution in [2.45, 2.75) is 70.8 Å². The summed E-state index contributed by atoms with van der Waals surface area (Å²) in [5, 5.41) is 23.7. The third-order valence-corrected chi connectivity index (χ3v) is 25.7. The van der Waals surface area contributed by atoms with Gasteiger partial charge in [0.15, 0.2) is 46.0 Å². The van der Waals surface area contributed by atoms with Crippen LogP contribution >= 0.6 is 15.9 Å². The zero-order chi connectivity index (χ0) is 95.7. The summed E-state index contributed by atoms with van der Waals surface area (Å²) >= 11 is 3.21. The number of rotatable bonds is 39. The second-order valence-electron chi connectivity index (χ2n) is 30.5. The summed E-state index contributed by atoms with van der Waals surface area (Å²) in [5.74, 6) is 4.24. The number of nitrogen functional groups attached to an aromatic ring is 1. The fraction of sp³-hybridized carbons (Fsp3) is 0.306. The summed E-state index contributed by atoms with van der Waals surface area (Å²) in [6.45, 7) is 9.14. The van der Waals surface area contributed by atoms with Crippen molar-refractivity contribution in [2.75, 3.05) is 130 Å². The molecule has 0 bridgehead atoms. The normalized spacial score (nSPS) is 12.1. The quantitative estimate of drug-likeness (QED) is 0.0156. The number of nitrogens with one attached hydrogen (secondary N) is 1. The first kappa shape index (κ1) is 108. The number of hydrogen-bond donors (Lipinski definition) is 2. The molecule has 0 saturated heterocycles. The minimum Gasteiger partial charge on any atom is -0.496 e. The molecule has 0 spiro atoms. The van der Waals surface area contributed by atoms with Gasteiger partial charge in [0.25, 0.3) is 11.4 Å². The molecule has 0 saturated carbocycles. The van der Waals surface area contributed by atoms with Gasteiger partial charge in [0, 0.05) is 108 Å². The van der Waals surface area contributed by atoms with Gasteiger partial charge in [-0.1, -0.05) is 133 Å². The number of nitro benzene ring substituents is 2. The summed E-state index contributed by atoms with van der Waals surface area (Å²) in [7, 11) is -2.55. The summed E-state index contributed by atoms with van der Waals surface area (Å²) in [6.07, 6.45) is 5.52. The number of fused-ring (bicyclic) bond motifs is 1. The maximum absolute atomic E-state index is 13.3. The molecule has 0 radical (unpaired) electrons. The van der Waals surface area contributed by atoms with Gasteiger partial charge in [-0.25, -0.2) is 38.5 Å². The van der Waals surface area contributed by atoms with Gasteiger partial charge in [-0.05, 0) is 176 Å². The molecular formula is C98H113BrN5O24S4W-. The molecular weight excluding hydrogens is 2020 g/mol. The van der Waals surface area contributed by atoms with Crippen LogP contribution in [0.25, 0.3) is 44.4 Å². The van der Waals surface area contributed by atoms with Crippen LogP contribution in [0.2, 0.25) is 0 Å². The smallest absolute Gasteiger partial charge is 0.327 e. The Hall–Kier alpha value is -11.9. The molecule has 11 aromatic carbocycles. The SMILES string of the molecule is CCOc1cc([C@@H](CS(C)(=O)=O)n2c(=O)[nH]c3c(-c4ccccc4OC)cccc32)ccc1OC.CCOc1cc([C@H](Cc2cccc(-c3ccccc3OC)c2N)CS(C)(=O)=O)ccc1OC.CCOc1cc([C@H](Cc2cccc(-c3ccccc3OC)c2[N+](=O)[O-])CS(C)(=O)=O)ccc1OC.CCOc1cc([C@H](Cc2cccc(Br)c2[N+](=O)[O-])CS(C)(=O)=O)ccc1OC.[CH3-].[W]. The zero-order valence-electron chi connectivity index (χ0n) is 77.0. The molecule has 4 atom stereocenters. The van der Waals surface area contributed by atoms with Crippen molar-refractivity contribution >= 4 is 83.4 Å². The van der Waals surface area contributed by atoms with E-state index in [1.165, 1.54) is 39.3 Å². The number of hydrogen-bond acceptors (Lipinski definition) is 25. The Morgan fingerprint density at radius 1 is 0.368 bits per heavy atom. The molecule has 0 aliphatic heterocycles. The van der Waals surface area contributed by atoms with Crippen molar-refractivity contribution < 1.29 is 117 Å². The minimum absolute atomic E-state index is 0. The van der Waals surface area contributed by atoms with Crippen LogP contribution in [-0.4, -0.2) is 177 Å². The molecule has 0 unspecified atom stereocenters. The molecule has 35 heteroatoms. The Morgan fingerprint density at radius 3 is 1.04 bits per heavy atom.